The first-order valence-corrected chi connectivity index (χ1v) is 8.47. The Kier molecular flexibility index (Phi) is 5.55. The van der Waals surface area contributed by atoms with Gasteiger partial charge in [0.05, 0.1) is 24.9 Å². The summed E-state index contributed by atoms with van der Waals surface area (Å²) in [6.45, 7) is 3.13. The first-order valence-electron chi connectivity index (χ1n) is 8.47. The number of ether oxygens (including phenoxy) is 1. The van der Waals surface area contributed by atoms with Crippen LogP contribution in [0.5, 0.6) is 0 Å². The number of hydrogen-bond acceptors (Lipinski definition) is 5. The number of aryl methyl sites for hydroxylation is 2. The number of carbonyl (C=O) groups is 1. The molecule has 0 aromatic carbocycles. The Morgan fingerprint density at radius 1 is 1.40 bits per heavy atom. The molecule has 2 aromatic heterocycles. The van der Waals surface area contributed by atoms with Crippen LogP contribution in [0.25, 0.3) is 0 Å². The topological polar surface area (TPSA) is 88.2 Å². The molecule has 1 amide bonds. The maximum Gasteiger partial charge on any atom is 0.251 e. The van der Waals surface area contributed by atoms with Gasteiger partial charge in [0.2, 0.25) is 5.91 Å². The number of morpholine rings is 1. The highest BCUT2D eigenvalue weighted by Gasteiger charge is 2.29. The van der Waals surface area contributed by atoms with E-state index in [1.807, 2.05) is 12.1 Å². The Morgan fingerprint density at radius 3 is 2.96 bits per heavy atom. The lowest BCUT2D eigenvalue weighted by molar-refractivity contribution is -0.140. The van der Waals surface area contributed by atoms with Crippen LogP contribution in [-0.2, 0) is 16.0 Å². The van der Waals surface area contributed by atoms with Gasteiger partial charge in [-0.05, 0) is 37.5 Å². The third-order valence-electron chi connectivity index (χ3n) is 4.28. The number of nitrogens with zero attached hydrogens (tertiary/aromatic N) is 3. The molecule has 7 heteroatoms. The van der Waals surface area contributed by atoms with Crippen molar-refractivity contribution in [1.29, 1.82) is 0 Å². The zero-order valence-electron chi connectivity index (χ0n) is 14.3. The van der Waals surface area contributed by atoms with Gasteiger partial charge >= 0.3 is 0 Å². The second-order valence-corrected chi connectivity index (χ2v) is 6.14. The first-order chi connectivity index (χ1) is 12.1. The van der Waals surface area contributed by atoms with Crippen LogP contribution in [0.1, 0.15) is 36.0 Å². The van der Waals surface area contributed by atoms with Gasteiger partial charge in [-0.25, -0.2) is 4.98 Å². The summed E-state index contributed by atoms with van der Waals surface area (Å²) in [4.78, 5) is 37.2. The SMILES string of the molecule is Cc1nc([C@@H]2COCCN2C(=O)CCCc2ccncc2)cc(=O)[nH]1. The largest absolute Gasteiger partial charge is 0.377 e. The average Bonchev–Trinajstić information content (AvgIpc) is 2.62. The molecule has 132 valence electrons. The third-order valence-corrected chi connectivity index (χ3v) is 4.28. The Labute approximate surface area is 146 Å². The van der Waals surface area contributed by atoms with Gasteiger partial charge < -0.3 is 14.6 Å². The normalized spacial score (nSPS) is 17.5. The lowest BCUT2D eigenvalue weighted by Gasteiger charge is -2.35. The summed E-state index contributed by atoms with van der Waals surface area (Å²) in [5.41, 5.74) is 1.55. The van der Waals surface area contributed by atoms with E-state index < -0.39 is 0 Å². The Bertz CT molecular complexity index is 775. The molecule has 1 N–H and O–H groups in total. The molecule has 1 atom stereocenters. The van der Waals surface area contributed by atoms with Crippen LogP contribution in [0.2, 0.25) is 0 Å². The quantitative estimate of drug-likeness (QED) is 0.887. The predicted molar refractivity (Wildman–Crippen MR) is 92.0 cm³/mol. The second kappa shape index (κ2) is 8.02. The third kappa shape index (κ3) is 4.51. The number of hydrogen-bond donors (Lipinski definition) is 1. The minimum atomic E-state index is -0.303. The molecular formula is C18H22N4O3. The number of amides is 1. The average molecular weight is 342 g/mol. The molecule has 25 heavy (non-hydrogen) atoms. The molecule has 1 fully saturated rings. The molecule has 0 spiro atoms. The summed E-state index contributed by atoms with van der Waals surface area (Å²) in [5, 5.41) is 0. The van der Waals surface area contributed by atoms with Gasteiger partial charge in [0.1, 0.15) is 5.82 Å². The van der Waals surface area contributed by atoms with E-state index in [2.05, 4.69) is 15.0 Å². The Morgan fingerprint density at radius 2 is 2.20 bits per heavy atom. The van der Waals surface area contributed by atoms with Gasteiger partial charge in [0.15, 0.2) is 0 Å². The highest BCUT2D eigenvalue weighted by atomic mass is 16.5. The van der Waals surface area contributed by atoms with Crippen molar-refractivity contribution in [3.63, 3.8) is 0 Å². The summed E-state index contributed by atoms with van der Waals surface area (Å²) in [5.74, 6) is 0.611. The summed E-state index contributed by atoms with van der Waals surface area (Å²) in [6.07, 6.45) is 5.59. The van der Waals surface area contributed by atoms with Gasteiger partial charge in [-0.15, -0.1) is 0 Å². The number of carbonyl (C=O) groups excluding carboxylic acids is 1. The number of H-pyrrole nitrogens is 1. The predicted octanol–water partition coefficient (Wildman–Crippen LogP) is 1.40. The highest BCUT2D eigenvalue weighted by Crippen LogP contribution is 2.23. The zero-order chi connectivity index (χ0) is 17.6. The molecular weight excluding hydrogens is 320 g/mol. The number of rotatable bonds is 5. The number of aromatic nitrogens is 3. The summed E-state index contributed by atoms with van der Waals surface area (Å²) in [6, 6.07) is 5.07. The van der Waals surface area contributed by atoms with Crippen molar-refractivity contribution in [2.75, 3.05) is 19.8 Å². The molecule has 1 saturated heterocycles. The van der Waals surface area contributed by atoms with E-state index in [0.29, 0.717) is 37.7 Å². The van der Waals surface area contributed by atoms with Crippen molar-refractivity contribution in [2.45, 2.75) is 32.2 Å². The molecule has 0 aliphatic carbocycles. The van der Waals surface area contributed by atoms with Crippen LogP contribution in [0.4, 0.5) is 0 Å². The van der Waals surface area contributed by atoms with E-state index >= 15 is 0 Å². The number of pyridine rings is 1. The second-order valence-electron chi connectivity index (χ2n) is 6.14. The molecule has 0 bridgehead atoms. The van der Waals surface area contributed by atoms with Crippen LogP contribution in [0.15, 0.2) is 35.4 Å². The lowest BCUT2D eigenvalue weighted by atomic mass is 10.1. The smallest absolute Gasteiger partial charge is 0.251 e. The molecule has 3 rings (SSSR count). The minimum absolute atomic E-state index is 0.0714. The monoisotopic (exact) mass is 342 g/mol. The van der Waals surface area contributed by atoms with Crippen molar-refractivity contribution < 1.29 is 9.53 Å². The van der Waals surface area contributed by atoms with E-state index in [1.54, 1.807) is 24.2 Å². The van der Waals surface area contributed by atoms with Crippen molar-refractivity contribution in [2.24, 2.45) is 0 Å². The van der Waals surface area contributed by atoms with Crippen LogP contribution < -0.4 is 5.56 Å². The summed E-state index contributed by atoms with van der Waals surface area (Å²) >= 11 is 0. The maximum atomic E-state index is 12.7. The van der Waals surface area contributed by atoms with Crippen LogP contribution >= 0.6 is 0 Å². The molecule has 0 saturated carbocycles. The summed E-state index contributed by atoms with van der Waals surface area (Å²) < 4.78 is 5.52. The van der Waals surface area contributed by atoms with Gasteiger partial charge in [-0.1, -0.05) is 0 Å². The summed E-state index contributed by atoms with van der Waals surface area (Å²) in [7, 11) is 0. The lowest BCUT2D eigenvalue weighted by Crippen LogP contribution is -2.44. The molecule has 0 radical (unpaired) electrons. The van der Waals surface area contributed by atoms with Crippen molar-refractivity contribution in [3.05, 3.63) is 58.0 Å². The molecule has 0 unspecified atom stereocenters. The van der Waals surface area contributed by atoms with Crippen LogP contribution in [0.3, 0.4) is 0 Å². The van der Waals surface area contributed by atoms with Gasteiger partial charge in [0, 0.05) is 31.4 Å². The maximum absolute atomic E-state index is 12.7. The molecule has 1 aliphatic rings. The Hall–Kier alpha value is -2.54. The fourth-order valence-electron chi connectivity index (χ4n) is 3.06. The van der Waals surface area contributed by atoms with E-state index in [1.165, 1.54) is 11.6 Å². The first kappa shape index (κ1) is 17.3. The van der Waals surface area contributed by atoms with E-state index in [4.69, 9.17) is 4.74 Å². The van der Waals surface area contributed by atoms with Crippen LogP contribution in [0, 0.1) is 6.92 Å². The van der Waals surface area contributed by atoms with Crippen molar-refractivity contribution >= 4 is 5.91 Å². The molecule has 3 heterocycles. The zero-order valence-corrected chi connectivity index (χ0v) is 14.3. The van der Waals surface area contributed by atoms with Gasteiger partial charge in [-0.3, -0.25) is 14.6 Å². The number of aromatic amines is 1. The molecule has 1 aliphatic heterocycles. The van der Waals surface area contributed by atoms with Crippen molar-refractivity contribution in [3.8, 4) is 0 Å². The Balaban J connectivity index is 1.65. The standard InChI is InChI=1S/C18H22N4O3/c1-13-20-15(11-17(23)21-13)16-12-25-10-9-22(16)18(24)4-2-3-14-5-7-19-8-6-14/h5-8,11,16H,2-4,9-10,12H2,1H3,(H,20,21,23)/t16-/m0/s1. The molecule has 2 aromatic rings. The minimum Gasteiger partial charge on any atom is -0.377 e. The van der Waals surface area contributed by atoms with Gasteiger partial charge in [0.25, 0.3) is 5.56 Å². The fraction of sp³-hybridized carbons (Fsp3) is 0.444. The molecule has 7 nitrogen and oxygen atoms in total. The van der Waals surface area contributed by atoms with Crippen LogP contribution in [-0.4, -0.2) is 45.5 Å². The highest BCUT2D eigenvalue weighted by molar-refractivity contribution is 5.76. The van der Waals surface area contributed by atoms with Crippen molar-refractivity contribution in [1.82, 2.24) is 19.9 Å². The number of nitrogens with one attached hydrogen (secondary N) is 1. The van der Waals surface area contributed by atoms with E-state index in [9.17, 15) is 9.59 Å². The van der Waals surface area contributed by atoms with E-state index in [-0.39, 0.29) is 17.5 Å². The van der Waals surface area contributed by atoms with E-state index in [0.717, 1.165) is 12.8 Å². The fourth-order valence-corrected chi connectivity index (χ4v) is 3.06. The van der Waals surface area contributed by atoms with Gasteiger partial charge in [-0.2, -0.15) is 0 Å².